The number of nitrogens with one attached hydrogen (secondary N) is 1. The van der Waals surface area contributed by atoms with Crippen molar-refractivity contribution in [3.63, 3.8) is 0 Å². The molecule has 1 aromatic carbocycles. The Kier molecular flexibility index (Phi) is 9.89. The van der Waals surface area contributed by atoms with E-state index in [0.717, 1.165) is 38.3 Å². The smallest absolute Gasteiger partial charge is 0.254 e. The van der Waals surface area contributed by atoms with Crippen LogP contribution in [0.25, 0.3) is 0 Å². The molecule has 0 spiro atoms. The number of benzene rings is 1. The van der Waals surface area contributed by atoms with Crippen molar-refractivity contribution in [1.29, 1.82) is 0 Å². The maximum Gasteiger partial charge on any atom is 0.254 e. The number of piperidine rings is 1. The summed E-state index contributed by atoms with van der Waals surface area (Å²) in [5.41, 5.74) is 0.602. The third-order valence-electron chi connectivity index (χ3n) is 6.56. The summed E-state index contributed by atoms with van der Waals surface area (Å²) in [7, 11) is 9.71. The van der Waals surface area contributed by atoms with Gasteiger partial charge >= 0.3 is 0 Å². The van der Waals surface area contributed by atoms with Gasteiger partial charge in [0.25, 0.3) is 5.91 Å². The Hall–Kier alpha value is -1.77. The second kappa shape index (κ2) is 12.6. The Morgan fingerprint density at radius 3 is 2.61 bits per heavy atom. The largest absolute Gasteiger partial charge is 0.493 e. The highest BCUT2D eigenvalue weighted by Gasteiger charge is 2.33. The Bertz CT molecular complexity index is 759. The molecule has 1 heterocycles. The highest BCUT2D eigenvalue weighted by atomic mass is 16.5. The number of methoxy groups -OCH3 is 2. The van der Waals surface area contributed by atoms with Gasteiger partial charge in [0.15, 0.2) is 19.5 Å². The summed E-state index contributed by atoms with van der Waals surface area (Å²) in [5, 5.41) is 3.58. The lowest BCUT2D eigenvalue weighted by atomic mass is 9.91. The van der Waals surface area contributed by atoms with Crippen molar-refractivity contribution in [3.8, 4) is 11.5 Å². The average Bonchev–Trinajstić information content (AvgIpc) is 3.62. The van der Waals surface area contributed by atoms with Crippen LogP contribution in [0.15, 0.2) is 18.2 Å². The fraction of sp³-hybridized carbons (Fsp3) is 0.720. The molecule has 1 aliphatic carbocycles. The molecule has 1 saturated carbocycles. The van der Waals surface area contributed by atoms with Crippen molar-refractivity contribution in [1.82, 2.24) is 15.0 Å². The zero-order chi connectivity index (χ0) is 23.8. The molecule has 2 fully saturated rings. The van der Waals surface area contributed by atoms with Crippen LogP contribution in [-0.2, 0) is 4.74 Å². The third-order valence-corrected chi connectivity index (χ3v) is 6.56. The lowest BCUT2D eigenvalue weighted by molar-refractivity contribution is 0.0474. The number of rotatable bonds is 13. The zero-order valence-electron chi connectivity index (χ0n) is 20.7. The standard InChI is InChI=1S/C25H40BN3O4/c1-18(2)29(22-10-9-21(28(26)17-22)12-13-27-20-7-8-20)25(30)19-6-11-23(32-4)24(16-19)33-15-5-14-31-3/h6,11,16,18,20-22,27H,5,7-10,12-15,17H2,1-4H3/t21-,22-/m1/s1. The number of nitrogens with zero attached hydrogens (tertiary/aromatic N) is 2. The van der Waals surface area contributed by atoms with Crippen molar-refractivity contribution in [3.05, 3.63) is 23.8 Å². The summed E-state index contributed by atoms with van der Waals surface area (Å²) in [4.78, 5) is 17.5. The van der Waals surface area contributed by atoms with Gasteiger partial charge in [-0.1, -0.05) is 0 Å². The second-order valence-corrected chi connectivity index (χ2v) is 9.47. The van der Waals surface area contributed by atoms with Crippen LogP contribution in [0.3, 0.4) is 0 Å². The van der Waals surface area contributed by atoms with E-state index in [9.17, 15) is 4.79 Å². The van der Waals surface area contributed by atoms with E-state index < -0.39 is 0 Å². The van der Waals surface area contributed by atoms with Crippen LogP contribution in [-0.4, -0.2) is 88.3 Å². The Morgan fingerprint density at radius 2 is 1.97 bits per heavy atom. The molecule has 7 nitrogen and oxygen atoms in total. The van der Waals surface area contributed by atoms with E-state index in [4.69, 9.17) is 22.2 Å². The molecule has 2 radical (unpaired) electrons. The van der Waals surface area contributed by atoms with Crippen LogP contribution in [0.5, 0.6) is 11.5 Å². The van der Waals surface area contributed by atoms with Gasteiger partial charge in [0, 0.05) is 50.4 Å². The van der Waals surface area contributed by atoms with Crippen molar-refractivity contribution in [2.75, 3.05) is 40.5 Å². The highest BCUT2D eigenvalue weighted by Crippen LogP contribution is 2.31. The lowest BCUT2D eigenvalue weighted by Gasteiger charge is -2.44. The van der Waals surface area contributed by atoms with Crippen LogP contribution < -0.4 is 14.8 Å². The minimum absolute atomic E-state index is 0.00152. The molecule has 1 amide bonds. The molecule has 1 aliphatic heterocycles. The van der Waals surface area contributed by atoms with E-state index in [1.54, 1.807) is 26.4 Å². The molecular weight excluding hydrogens is 417 g/mol. The molecule has 0 unspecified atom stereocenters. The summed E-state index contributed by atoms with van der Waals surface area (Å²) in [6.45, 7) is 6.95. The molecular formula is C25H40BN3O4. The topological polar surface area (TPSA) is 63.3 Å². The quantitative estimate of drug-likeness (QED) is 0.363. The first-order valence-electron chi connectivity index (χ1n) is 12.3. The van der Waals surface area contributed by atoms with E-state index >= 15 is 0 Å². The van der Waals surface area contributed by atoms with Gasteiger partial charge in [-0.3, -0.25) is 4.79 Å². The summed E-state index contributed by atoms with van der Waals surface area (Å²) >= 11 is 0. The van der Waals surface area contributed by atoms with Gasteiger partial charge in [0.05, 0.1) is 13.7 Å². The zero-order valence-corrected chi connectivity index (χ0v) is 20.7. The normalized spacial score (nSPS) is 21.2. The molecule has 182 valence electrons. The molecule has 3 rings (SSSR count). The number of carbonyl (C=O) groups excluding carboxylic acids is 1. The molecule has 0 aromatic heterocycles. The summed E-state index contributed by atoms with van der Waals surface area (Å²) < 4.78 is 16.4. The first-order chi connectivity index (χ1) is 15.9. The molecule has 2 aliphatic rings. The molecule has 1 N–H and O–H groups in total. The van der Waals surface area contributed by atoms with Gasteiger partial charge in [-0.25, -0.2) is 0 Å². The number of carbonyl (C=O) groups is 1. The van der Waals surface area contributed by atoms with Crippen LogP contribution >= 0.6 is 0 Å². The molecule has 1 saturated heterocycles. The van der Waals surface area contributed by atoms with E-state index in [0.29, 0.717) is 42.9 Å². The number of hydrogen-bond donors (Lipinski definition) is 1. The van der Waals surface area contributed by atoms with Crippen LogP contribution in [0.4, 0.5) is 0 Å². The van der Waals surface area contributed by atoms with Gasteiger partial charge in [-0.15, -0.1) is 0 Å². The fourth-order valence-corrected chi connectivity index (χ4v) is 4.59. The summed E-state index contributed by atoms with van der Waals surface area (Å²) in [6.07, 6.45) is 6.38. The minimum Gasteiger partial charge on any atom is -0.493 e. The summed E-state index contributed by atoms with van der Waals surface area (Å²) in [6, 6.07) is 6.65. The second-order valence-electron chi connectivity index (χ2n) is 9.47. The predicted molar refractivity (Wildman–Crippen MR) is 131 cm³/mol. The number of ether oxygens (including phenoxy) is 3. The molecule has 2 atom stereocenters. The Morgan fingerprint density at radius 1 is 1.18 bits per heavy atom. The Balaban J connectivity index is 1.64. The van der Waals surface area contributed by atoms with Crippen LogP contribution in [0.1, 0.15) is 62.7 Å². The van der Waals surface area contributed by atoms with Gasteiger partial charge in [-0.2, -0.15) is 0 Å². The molecule has 1 aromatic rings. The predicted octanol–water partition coefficient (Wildman–Crippen LogP) is 3.02. The minimum atomic E-state index is 0.00152. The molecule has 8 heteroatoms. The lowest BCUT2D eigenvalue weighted by Crippen LogP contribution is -2.55. The van der Waals surface area contributed by atoms with Gasteiger partial charge in [0.2, 0.25) is 0 Å². The van der Waals surface area contributed by atoms with E-state index in [1.807, 2.05) is 15.8 Å². The SMILES string of the molecule is [B]N1C[C@H](N(C(=O)c2ccc(OC)c(OCCCOC)c2)C(C)C)CC[C@@H]1CCNC1CC1. The van der Waals surface area contributed by atoms with E-state index in [1.165, 1.54) is 12.8 Å². The first kappa shape index (κ1) is 25.9. The number of hydrogen-bond acceptors (Lipinski definition) is 6. The van der Waals surface area contributed by atoms with E-state index in [-0.39, 0.29) is 18.0 Å². The van der Waals surface area contributed by atoms with Crippen molar-refractivity contribution in [2.24, 2.45) is 0 Å². The average molecular weight is 457 g/mol. The van der Waals surface area contributed by atoms with Crippen LogP contribution in [0, 0.1) is 0 Å². The summed E-state index contributed by atoms with van der Waals surface area (Å²) in [5.74, 6) is 1.20. The van der Waals surface area contributed by atoms with Crippen molar-refractivity contribution < 1.29 is 19.0 Å². The fourth-order valence-electron chi connectivity index (χ4n) is 4.59. The third kappa shape index (κ3) is 7.36. The molecule has 33 heavy (non-hydrogen) atoms. The maximum atomic E-state index is 13.6. The monoisotopic (exact) mass is 457 g/mol. The highest BCUT2D eigenvalue weighted by molar-refractivity contribution is 6.04. The van der Waals surface area contributed by atoms with Gasteiger partial charge in [0.1, 0.15) is 0 Å². The Labute approximate surface area is 200 Å². The van der Waals surface area contributed by atoms with Crippen molar-refractivity contribution >= 4 is 13.9 Å². The van der Waals surface area contributed by atoms with Gasteiger partial charge < -0.3 is 29.2 Å². The first-order valence-corrected chi connectivity index (χ1v) is 12.3. The number of amides is 1. The maximum absolute atomic E-state index is 13.6. The van der Waals surface area contributed by atoms with E-state index in [2.05, 4.69) is 19.2 Å². The molecule has 0 bridgehead atoms. The van der Waals surface area contributed by atoms with Crippen LogP contribution in [0.2, 0.25) is 0 Å². The van der Waals surface area contributed by atoms with Crippen molar-refractivity contribution in [2.45, 2.75) is 76.5 Å². The van der Waals surface area contributed by atoms with Gasteiger partial charge in [-0.05, 0) is 76.7 Å².